The molecule has 2 rings (SSSR count). The van der Waals surface area contributed by atoms with Gasteiger partial charge >= 0.3 is 6.03 Å². The number of imide groups is 1. The molecule has 1 saturated heterocycles. The van der Waals surface area contributed by atoms with Crippen molar-refractivity contribution in [3.05, 3.63) is 24.3 Å². The fourth-order valence-corrected chi connectivity index (χ4v) is 2.32. The van der Waals surface area contributed by atoms with Gasteiger partial charge in [-0.25, -0.2) is 4.79 Å². The highest BCUT2D eigenvalue weighted by Gasteiger charge is 2.48. The lowest BCUT2D eigenvalue weighted by Gasteiger charge is -2.20. The molecule has 1 heterocycles. The maximum absolute atomic E-state index is 12.3. The molecule has 1 unspecified atom stereocenters. The minimum Gasteiger partial charge on any atom is -0.497 e. The highest BCUT2D eigenvalue weighted by molar-refractivity contribution is 6.10. The van der Waals surface area contributed by atoms with Gasteiger partial charge in [-0.15, -0.1) is 0 Å². The largest absolute Gasteiger partial charge is 0.497 e. The number of nitrogens with one attached hydrogen (secondary N) is 2. The number of carbonyl (C=O) groups excluding carboxylic acids is 3. The molecule has 2 N–H and O–H groups in total. The highest BCUT2D eigenvalue weighted by atomic mass is 16.5. The van der Waals surface area contributed by atoms with Gasteiger partial charge in [0.1, 0.15) is 17.8 Å². The van der Waals surface area contributed by atoms with Gasteiger partial charge in [0.25, 0.3) is 5.91 Å². The Morgan fingerprint density at radius 3 is 2.74 bits per heavy atom. The van der Waals surface area contributed by atoms with E-state index in [2.05, 4.69) is 10.6 Å². The number of amides is 4. The Bertz CT molecular complexity index is 633. The molecule has 1 atom stereocenters. The Balaban J connectivity index is 2.02. The minimum atomic E-state index is -1.15. The average Bonchev–Trinajstić information content (AvgIpc) is 2.71. The third kappa shape index (κ3) is 3.59. The zero-order chi connectivity index (χ0) is 17.0. The smallest absolute Gasteiger partial charge is 0.325 e. The molecular weight excluding hydrogens is 302 g/mol. The first-order valence-corrected chi connectivity index (χ1v) is 6.96. The van der Waals surface area contributed by atoms with E-state index < -0.39 is 23.4 Å². The lowest BCUT2D eigenvalue weighted by molar-refractivity contribution is -0.134. The van der Waals surface area contributed by atoms with Gasteiger partial charge in [-0.05, 0) is 19.1 Å². The lowest BCUT2D eigenvalue weighted by Crippen LogP contribution is -2.48. The van der Waals surface area contributed by atoms with Crippen molar-refractivity contribution in [2.24, 2.45) is 0 Å². The van der Waals surface area contributed by atoms with Gasteiger partial charge in [-0.3, -0.25) is 14.5 Å². The summed E-state index contributed by atoms with van der Waals surface area (Å²) in [5.41, 5.74) is -0.636. The van der Waals surface area contributed by atoms with Crippen molar-refractivity contribution in [3.63, 3.8) is 0 Å². The van der Waals surface area contributed by atoms with E-state index in [1.54, 1.807) is 31.2 Å². The molecule has 4 amide bonds. The van der Waals surface area contributed by atoms with E-state index >= 15 is 0 Å². The van der Waals surface area contributed by atoms with Crippen LogP contribution in [0.3, 0.4) is 0 Å². The van der Waals surface area contributed by atoms with E-state index in [0.717, 1.165) is 4.90 Å². The van der Waals surface area contributed by atoms with Crippen LogP contribution in [0.4, 0.5) is 10.5 Å². The number of rotatable bonds is 6. The van der Waals surface area contributed by atoms with Gasteiger partial charge in [0.2, 0.25) is 5.91 Å². The molecule has 0 radical (unpaired) electrons. The minimum absolute atomic E-state index is 0.0333. The quantitative estimate of drug-likeness (QED) is 0.748. The van der Waals surface area contributed by atoms with Gasteiger partial charge in [-0.2, -0.15) is 0 Å². The summed E-state index contributed by atoms with van der Waals surface area (Å²) in [4.78, 5) is 37.1. The van der Waals surface area contributed by atoms with Crippen LogP contribution in [0.15, 0.2) is 24.3 Å². The number of benzene rings is 1. The zero-order valence-electron chi connectivity index (χ0n) is 13.2. The topological polar surface area (TPSA) is 97.0 Å². The van der Waals surface area contributed by atoms with Gasteiger partial charge < -0.3 is 20.1 Å². The summed E-state index contributed by atoms with van der Waals surface area (Å²) in [6.45, 7) is 1.21. The predicted molar refractivity (Wildman–Crippen MR) is 82.1 cm³/mol. The summed E-state index contributed by atoms with van der Waals surface area (Å²) in [5.74, 6) is -0.390. The second-order valence-corrected chi connectivity index (χ2v) is 5.37. The number of urea groups is 1. The van der Waals surface area contributed by atoms with Crippen molar-refractivity contribution >= 4 is 23.5 Å². The molecule has 8 nitrogen and oxygen atoms in total. The van der Waals surface area contributed by atoms with Crippen LogP contribution in [-0.2, 0) is 14.3 Å². The van der Waals surface area contributed by atoms with E-state index in [9.17, 15) is 14.4 Å². The number of anilines is 1. The molecule has 0 aliphatic carbocycles. The zero-order valence-corrected chi connectivity index (χ0v) is 13.2. The molecule has 1 aliphatic rings. The van der Waals surface area contributed by atoms with Crippen molar-refractivity contribution in [3.8, 4) is 5.75 Å². The molecule has 1 aliphatic heterocycles. The van der Waals surface area contributed by atoms with E-state index in [1.807, 2.05) is 0 Å². The van der Waals surface area contributed by atoms with Crippen LogP contribution < -0.4 is 15.4 Å². The van der Waals surface area contributed by atoms with Gasteiger partial charge in [0, 0.05) is 18.9 Å². The van der Waals surface area contributed by atoms with Crippen molar-refractivity contribution in [2.75, 3.05) is 32.7 Å². The number of methoxy groups -OCH3 is 2. The Kier molecular flexibility index (Phi) is 4.85. The first kappa shape index (κ1) is 16.8. The third-order valence-corrected chi connectivity index (χ3v) is 3.43. The molecule has 124 valence electrons. The van der Waals surface area contributed by atoms with E-state index in [4.69, 9.17) is 9.47 Å². The van der Waals surface area contributed by atoms with Gasteiger partial charge in [0.05, 0.1) is 13.7 Å². The van der Waals surface area contributed by atoms with Crippen LogP contribution >= 0.6 is 0 Å². The van der Waals surface area contributed by atoms with Crippen molar-refractivity contribution < 1.29 is 23.9 Å². The normalized spacial score (nSPS) is 20.4. The molecule has 1 fully saturated rings. The molecule has 0 saturated carbocycles. The SMILES string of the molecule is COCC1(C)NC(=O)N(CC(=O)Nc2cccc(OC)c2)C1=O. The second kappa shape index (κ2) is 6.66. The van der Waals surface area contributed by atoms with Gasteiger partial charge in [0.15, 0.2) is 0 Å². The summed E-state index contributed by atoms with van der Waals surface area (Å²) in [6.07, 6.45) is 0. The Morgan fingerprint density at radius 1 is 1.35 bits per heavy atom. The van der Waals surface area contributed by atoms with E-state index in [1.165, 1.54) is 14.2 Å². The number of hydrogen-bond donors (Lipinski definition) is 2. The van der Waals surface area contributed by atoms with Crippen LogP contribution in [0.25, 0.3) is 0 Å². The fourth-order valence-electron chi connectivity index (χ4n) is 2.32. The summed E-state index contributed by atoms with van der Waals surface area (Å²) in [5, 5.41) is 5.15. The lowest BCUT2D eigenvalue weighted by atomic mass is 10.0. The maximum atomic E-state index is 12.3. The Hall–Kier alpha value is -2.61. The van der Waals surface area contributed by atoms with Crippen molar-refractivity contribution in [1.29, 1.82) is 0 Å². The number of hydrogen-bond acceptors (Lipinski definition) is 5. The number of nitrogens with zero attached hydrogens (tertiary/aromatic N) is 1. The summed E-state index contributed by atoms with van der Waals surface area (Å²) < 4.78 is 10.0. The summed E-state index contributed by atoms with van der Waals surface area (Å²) >= 11 is 0. The van der Waals surface area contributed by atoms with Crippen LogP contribution in [-0.4, -0.2) is 55.7 Å². The van der Waals surface area contributed by atoms with E-state index in [0.29, 0.717) is 11.4 Å². The summed E-state index contributed by atoms with van der Waals surface area (Å²) in [6, 6.07) is 6.16. The fraction of sp³-hybridized carbons (Fsp3) is 0.400. The monoisotopic (exact) mass is 321 g/mol. The molecule has 1 aromatic rings. The average molecular weight is 321 g/mol. The molecule has 1 aromatic carbocycles. The third-order valence-electron chi connectivity index (χ3n) is 3.43. The second-order valence-electron chi connectivity index (χ2n) is 5.37. The van der Waals surface area contributed by atoms with Crippen LogP contribution in [0, 0.1) is 0 Å². The number of ether oxygens (including phenoxy) is 2. The molecule has 0 bridgehead atoms. The number of carbonyl (C=O) groups is 3. The van der Waals surface area contributed by atoms with Crippen molar-refractivity contribution in [2.45, 2.75) is 12.5 Å². The molecule has 8 heteroatoms. The molecule has 0 spiro atoms. The van der Waals surface area contributed by atoms with E-state index in [-0.39, 0.29) is 13.2 Å². The van der Waals surface area contributed by atoms with Crippen LogP contribution in [0.5, 0.6) is 5.75 Å². The molecule has 0 aromatic heterocycles. The van der Waals surface area contributed by atoms with Crippen LogP contribution in [0.2, 0.25) is 0 Å². The maximum Gasteiger partial charge on any atom is 0.325 e. The molecule has 23 heavy (non-hydrogen) atoms. The first-order chi connectivity index (χ1) is 10.9. The molecular formula is C15H19N3O5. The summed E-state index contributed by atoms with van der Waals surface area (Å²) in [7, 11) is 2.95. The predicted octanol–water partition coefficient (Wildman–Crippen LogP) is 0.591. The Labute approximate surface area is 133 Å². The highest BCUT2D eigenvalue weighted by Crippen LogP contribution is 2.19. The van der Waals surface area contributed by atoms with Gasteiger partial charge in [-0.1, -0.05) is 6.07 Å². The van der Waals surface area contributed by atoms with Crippen molar-refractivity contribution in [1.82, 2.24) is 10.2 Å². The Morgan fingerprint density at radius 2 is 2.09 bits per heavy atom. The standard InChI is InChI=1S/C15H19N3O5/c1-15(9-22-2)13(20)18(14(21)17-15)8-12(19)16-10-5-4-6-11(7-10)23-3/h4-7H,8-9H2,1-3H3,(H,16,19)(H,17,21). The first-order valence-electron chi connectivity index (χ1n) is 6.96. The van der Waals surface area contributed by atoms with Crippen LogP contribution in [0.1, 0.15) is 6.92 Å².